The van der Waals surface area contributed by atoms with Crippen LogP contribution in [-0.2, 0) is 9.84 Å². The van der Waals surface area contributed by atoms with Crippen molar-refractivity contribution in [3.63, 3.8) is 0 Å². The summed E-state index contributed by atoms with van der Waals surface area (Å²) < 4.78 is 23.4. The van der Waals surface area contributed by atoms with Crippen LogP contribution in [0.1, 0.15) is 38.5 Å². The summed E-state index contributed by atoms with van der Waals surface area (Å²) in [4.78, 5) is 0. The normalized spacial score (nSPS) is 25.7. The Bertz CT molecular complexity index is 303. The van der Waals surface area contributed by atoms with E-state index in [1.165, 1.54) is 31.9 Å². The second-order valence-corrected chi connectivity index (χ2v) is 7.36. The van der Waals surface area contributed by atoms with E-state index in [0.717, 1.165) is 12.8 Å². The lowest BCUT2D eigenvalue weighted by Gasteiger charge is -2.22. The van der Waals surface area contributed by atoms with Crippen molar-refractivity contribution in [2.24, 2.45) is 5.92 Å². The Hall–Kier alpha value is -0.0900. The minimum atomic E-state index is -2.88. The lowest BCUT2D eigenvalue weighted by atomic mass is 10.0. The van der Waals surface area contributed by atoms with Gasteiger partial charge in [-0.25, -0.2) is 8.42 Å². The van der Waals surface area contributed by atoms with Crippen molar-refractivity contribution in [1.82, 2.24) is 5.32 Å². The molecule has 2 aliphatic rings. The third kappa shape index (κ3) is 3.18. The Morgan fingerprint density at radius 2 is 1.80 bits per heavy atom. The van der Waals surface area contributed by atoms with E-state index in [2.05, 4.69) is 5.32 Å². The standard InChI is InChI=1S/C11H21NO2S/c1-15(13,14)11(8-12-10-6-7-10)9-4-2-3-5-9/h9-12H,2-8H2,1H3. The van der Waals surface area contributed by atoms with Gasteiger partial charge in [-0.15, -0.1) is 0 Å². The van der Waals surface area contributed by atoms with E-state index in [1.807, 2.05) is 0 Å². The Morgan fingerprint density at radius 3 is 2.27 bits per heavy atom. The highest BCUT2D eigenvalue weighted by Crippen LogP contribution is 2.31. The summed E-state index contributed by atoms with van der Waals surface area (Å²) in [5.74, 6) is 0.409. The third-order valence-electron chi connectivity index (χ3n) is 3.66. The maximum Gasteiger partial charge on any atom is 0.151 e. The molecule has 2 saturated carbocycles. The van der Waals surface area contributed by atoms with Crippen molar-refractivity contribution in [2.75, 3.05) is 12.8 Å². The first-order valence-electron chi connectivity index (χ1n) is 5.99. The van der Waals surface area contributed by atoms with Gasteiger partial charge in [0.05, 0.1) is 5.25 Å². The van der Waals surface area contributed by atoms with Crippen LogP contribution in [0.3, 0.4) is 0 Å². The summed E-state index contributed by atoms with van der Waals surface area (Å²) in [6, 6.07) is 0.607. The first kappa shape index (κ1) is 11.4. The Morgan fingerprint density at radius 1 is 1.20 bits per heavy atom. The first-order chi connectivity index (χ1) is 7.07. The molecule has 2 fully saturated rings. The molecular weight excluding hydrogens is 210 g/mol. The van der Waals surface area contributed by atoms with Gasteiger partial charge in [0.25, 0.3) is 0 Å². The van der Waals surface area contributed by atoms with E-state index >= 15 is 0 Å². The molecule has 0 aromatic carbocycles. The van der Waals surface area contributed by atoms with Crippen LogP contribution in [0.15, 0.2) is 0 Å². The SMILES string of the molecule is CS(=O)(=O)C(CNC1CC1)C1CCCC1. The van der Waals surface area contributed by atoms with Gasteiger partial charge in [0.2, 0.25) is 0 Å². The van der Waals surface area contributed by atoms with Gasteiger partial charge >= 0.3 is 0 Å². The number of sulfone groups is 1. The minimum absolute atomic E-state index is 0.138. The molecule has 0 aliphatic heterocycles. The molecule has 2 rings (SSSR count). The lowest BCUT2D eigenvalue weighted by Crippen LogP contribution is -2.38. The summed E-state index contributed by atoms with van der Waals surface area (Å²) in [7, 11) is -2.88. The third-order valence-corrected chi connectivity index (χ3v) is 5.31. The molecular formula is C11H21NO2S. The molecule has 15 heavy (non-hydrogen) atoms. The van der Waals surface area contributed by atoms with Gasteiger partial charge in [-0.1, -0.05) is 12.8 Å². The van der Waals surface area contributed by atoms with Gasteiger partial charge in [0.1, 0.15) is 0 Å². The van der Waals surface area contributed by atoms with Crippen LogP contribution >= 0.6 is 0 Å². The Balaban J connectivity index is 1.94. The lowest BCUT2D eigenvalue weighted by molar-refractivity contribution is 0.462. The summed E-state index contributed by atoms with van der Waals surface area (Å²) in [5, 5.41) is 3.22. The number of rotatable bonds is 5. The molecule has 4 heteroatoms. The largest absolute Gasteiger partial charge is 0.313 e. The highest BCUT2D eigenvalue weighted by Gasteiger charge is 2.33. The van der Waals surface area contributed by atoms with Crippen LogP contribution in [0.25, 0.3) is 0 Å². The van der Waals surface area contributed by atoms with Crippen molar-refractivity contribution in [3.05, 3.63) is 0 Å². The molecule has 3 nitrogen and oxygen atoms in total. The molecule has 0 heterocycles. The molecule has 1 unspecified atom stereocenters. The Kier molecular flexibility index (Phi) is 3.36. The summed E-state index contributed by atoms with van der Waals surface area (Å²) in [6.07, 6.45) is 8.46. The minimum Gasteiger partial charge on any atom is -0.313 e. The van der Waals surface area contributed by atoms with Crippen LogP contribution in [-0.4, -0.2) is 32.5 Å². The second-order valence-electron chi connectivity index (χ2n) is 5.10. The van der Waals surface area contributed by atoms with E-state index in [0.29, 0.717) is 18.5 Å². The molecule has 2 aliphatic carbocycles. The maximum absolute atomic E-state index is 11.7. The highest BCUT2D eigenvalue weighted by atomic mass is 32.2. The quantitative estimate of drug-likeness (QED) is 0.776. The fraction of sp³-hybridized carbons (Fsp3) is 1.00. The molecule has 88 valence electrons. The molecule has 0 aromatic rings. The van der Waals surface area contributed by atoms with Gasteiger partial charge in [-0.3, -0.25) is 0 Å². The van der Waals surface area contributed by atoms with Crippen LogP contribution in [0.4, 0.5) is 0 Å². The van der Waals surface area contributed by atoms with Gasteiger partial charge in [-0.05, 0) is 31.6 Å². The Labute approximate surface area is 92.6 Å². The van der Waals surface area contributed by atoms with Crippen LogP contribution in [0.5, 0.6) is 0 Å². The highest BCUT2D eigenvalue weighted by molar-refractivity contribution is 7.91. The second kappa shape index (κ2) is 4.42. The number of hydrogen-bond acceptors (Lipinski definition) is 3. The molecule has 0 saturated heterocycles. The molecule has 1 N–H and O–H groups in total. The van der Waals surface area contributed by atoms with Crippen molar-refractivity contribution in [1.29, 1.82) is 0 Å². The molecule has 0 aromatic heterocycles. The smallest absolute Gasteiger partial charge is 0.151 e. The van der Waals surface area contributed by atoms with Crippen LogP contribution in [0, 0.1) is 5.92 Å². The zero-order valence-corrected chi connectivity index (χ0v) is 10.2. The van der Waals surface area contributed by atoms with E-state index in [-0.39, 0.29) is 5.25 Å². The van der Waals surface area contributed by atoms with Crippen molar-refractivity contribution in [2.45, 2.75) is 49.8 Å². The topological polar surface area (TPSA) is 46.2 Å². The van der Waals surface area contributed by atoms with Gasteiger partial charge in [0, 0.05) is 18.8 Å². The average Bonchev–Trinajstić information content (AvgIpc) is 2.78. The molecule has 0 radical (unpaired) electrons. The first-order valence-corrected chi connectivity index (χ1v) is 7.95. The van der Waals surface area contributed by atoms with Crippen molar-refractivity contribution < 1.29 is 8.42 Å². The van der Waals surface area contributed by atoms with E-state index in [9.17, 15) is 8.42 Å². The van der Waals surface area contributed by atoms with Gasteiger partial charge in [-0.2, -0.15) is 0 Å². The fourth-order valence-corrected chi connectivity index (χ4v) is 3.94. The number of nitrogens with one attached hydrogen (secondary N) is 1. The molecule has 1 atom stereocenters. The van der Waals surface area contributed by atoms with Crippen LogP contribution < -0.4 is 5.32 Å². The summed E-state index contributed by atoms with van der Waals surface area (Å²) in [6.45, 7) is 0.675. The van der Waals surface area contributed by atoms with Gasteiger partial charge < -0.3 is 5.32 Å². The summed E-state index contributed by atoms with van der Waals surface area (Å²) in [5.41, 5.74) is 0. The predicted molar refractivity (Wildman–Crippen MR) is 61.6 cm³/mol. The zero-order valence-electron chi connectivity index (χ0n) is 9.41. The van der Waals surface area contributed by atoms with Crippen molar-refractivity contribution in [3.8, 4) is 0 Å². The number of hydrogen-bond donors (Lipinski definition) is 1. The van der Waals surface area contributed by atoms with E-state index in [4.69, 9.17) is 0 Å². The van der Waals surface area contributed by atoms with E-state index in [1.54, 1.807) is 0 Å². The van der Waals surface area contributed by atoms with E-state index < -0.39 is 9.84 Å². The maximum atomic E-state index is 11.7. The monoisotopic (exact) mass is 231 g/mol. The van der Waals surface area contributed by atoms with Crippen molar-refractivity contribution >= 4 is 9.84 Å². The molecule has 0 amide bonds. The summed E-state index contributed by atoms with van der Waals surface area (Å²) >= 11 is 0. The average molecular weight is 231 g/mol. The molecule has 0 spiro atoms. The van der Waals surface area contributed by atoms with Gasteiger partial charge in [0.15, 0.2) is 9.84 Å². The van der Waals surface area contributed by atoms with Crippen LogP contribution in [0.2, 0.25) is 0 Å². The predicted octanol–water partition coefficient (Wildman–Crippen LogP) is 1.34. The fourth-order valence-electron chi connectivity index (χ4n) is 2.57. The molecule has 0 bridgehead atoms. The zero-order chi connectivity index (χ0) is 10.9.